The van der Waals surface area contributed by atoms with E-state index in [0.29, 0.717) is 30.0 Å². The lowest BCUT2D eigenvalue weighted by Crippen LogP contribution is -2.32. The van der Waals surface area contributed by atoms with Crippen LogP contribution in [0, 0.1) is 0 Å². The number of sulfonamides is 1. The number of pyridine rings is 1. The van der Waals surface area contributed by atoms with Gasteiger partial charge in [0, 0.05) is 18.5 Å². The summed E-state index contributed by atoms with van der Waals surface area (Å²) in [6.07, 6.45) is 3.78. The van der Waals surface area contributed by atoms with Gasteiger partial charge in [0.05, 0.1) is 23.2 Å². The Morgan fingerprint density at radius 2 is 1.74 bits per heavy atom. The van der Waals surface area contributed by atoms with E-state index in [1.165, 1.54) is 23.5 Å². The van der Waals surface area contributed by atoms with Gasteiger partial charge in [-0.3, -0.25) is 4.79 Å². The molecule has 8 heteroatoms. The summed E-state index contributed by atoms with van der Waals surface area (Å²) in [5.74, 6) is -0.0580. The lowest BCUT2D eigenvalue weighted by Gasteiger charge is -2.21. The van der Waals surface area contributed by atoms with Gasteiger partial charge in [-0.25, -0.2) is 13.4 Å². The quantitative estimate of drug-likeness (QED) is 0.648. The predicted molar refractivity (Wildman–Crippen MR) is 120 cm³/mol. The fourth-order valence-electron chi connectivity index (χ4n) is 3.76. The van der Waals surface area contributed by atoms with Crippen LogP contribution in [0.5, 0.6) is 5.75 Å². The lowest BCUT2D eigenvalue weighted by molar-refractivity contribution is 0.102. The molecule has 1 N–H and O–H groups in total. The number of anilines is 1. The third-order valence-corrected chi connectivity index (χ3v) is 7.35. The highest BCUT2D eigenvalue weighted by Gasteiger charge is 2.26. The van der Waals surface area contributed by atoms with Gasteiger partial charge in [0.15, 0.2) is 0 Å². The van der Waals surface area contributed by atoms with E-state index in [4.69, 9.17) is 4.74 Å². The van der Waals surface area contributed by atoms with E-state index >= 15 is 0 Å². The van der Waals surface area contributed by atoms with E-state index in [2.05, 4.69) is 10.3 Å². The van der Waals surface area contributed by atoms with Gasteiger partial charge in [-0.1, -0.05) is 37.1 Å². The van der Waals surface area contributed by atoms with Gasteiger partial charge in [-0.15, -0.1) is 0 Å². The molecule has 3 aromatic rings. The van der Waals surface area contributed by atoms with Crippen molar-refractivity contribution in [2.45, 2.75) is 30.6 Å². The molecule has 2 aromatic carbocycles. The third kappa shape index (κ3) is 4.55. The van der Waals surface area contributed by atoms with Crippen molar-refractivity contribution >= 4 is 32.5 Å². The normalized spacial score (nSPS) is 15.4. The van der Waals surface area contributed by atoms with Gasteiger partial charge in [0.1, 0.15) is 11.4 Å². The van der Waals surface area contributed by atoms with Crippen molar-refractivity contribution in [2.75, 3.05) is 25.5 Å². The molecule has 1 aromatic heterocycles. The van der Waals surface area contributed by atoms with Crippen LogP contribution >= 0.6 is 0 Å². The van der Waals surface area contributed by atoms with Crippen molar-refractivity contribution in [3.05, 3.63) is 60.3 Å². The van der Waals surface area contributed by atoms with Gasteiger partial charge in [-0.2, -0.15) is 4.31 Å². The van der Waals surface area contributed by atoms with Crippen LogP contribution in [0.15, 0.2) is 59.5 Å². The summed E-state index contributed by atoms with van der Waals surface area (Å²) < 4.78 is 33.2. The summed E-state index contributed by atoms with van der Waals surface area (Å²) in [7, 11) is -2.18. The minimum absolute atomic E-state index is 0.136. The molecule has 0 atom stereocenters. The molecule has 1 fully saturated rings. The highest BCUT2D eigenvalue weighted by atomic mass is 32.2. The van der Waals surface area contributed by atoms with Gasteiger partial charge < -0.3 is 10.1 Å². The summed E-state index contributed by atoms with van der Waals surface area (Å²) >= 11 is 0. The van der Waals surface area contributed by atoms with Gasteiger partial charge in [-0.05, 0) is 43.2 Å². The number of carbonyl (C=O) groups is 1. The number of rotatable bonds is 5. The van der Waals surface area contributed by atoms with Crippen LogP contribution in [-0.2, 0) is 10.0 Å². The Kier molecular flexibility index (Phi) is 6.20. The molecule has 4 rings (SSSR count). The topological polar surface area (TPSA) is 88.6 Å². The number of fused-ring (bicyclic) bond motifs is 1. The molecular formula is C23H25N3O4S. The molecule has 7 nitrogen and oxygen atoms in total. The average molecular weight is 440 g/mol. The Morgan fingerprint density at radius 1 is 1.00 bits per heavy atom. The molecule has 1 aliphatic rings. The van der Waals surface area contributed by atoms with E-state index in [9.17, 15) is 13.2 Å². The van der Waals surface area contributed by atoms with E-state index in [1.54, 1.807) is 12.1 Å². The number of hydrogen-bond donors (Lipinski definition) is 1. The second kappa shape index (κ2) is 9.03. The number of ether oxygens (including phenoxy) is 1. The first kappa shape index (κ1) is 21.3. The van der Waals surface area contributed by atoms with Crippen molar-refractivity contribution in [1.29, 1.82) is 0 Å². The monoisotopic (exact) mass is 439 g/mol. The second-order valence-electron chi connectivity index (χ2n) is 7.52. The summed E-state index contributed by atoms with van der Waals surface area (Å²) in [5.41, 5.74) is 1.24. The molecule has 1 amide bonds. The first-order chi connectivity index (χ1) is 15.0. The van der Waals surface area contributed by atoms with Crippen molar-refractivity contribution in [1.82, 2.24) is 9.29 Å². The highest BCUT2D eigenvalue weighted by Crippen LogP contribution is 2.30. The van der Waals surface area contributed by atoms with Crippen LogP contribution in [0.1, 0.15) is 36.2 Å². The fraction of sp³-hybridized carbons (Fsp3) is 0.304. The number of carbonyl (C=O) groups excluding carboxylic acids is 1. The number of hydrogen-bond acceptors (Lipinski definition) is 5. The van der Waals surface area contributed by atoms with E-state index in [-0.39, 0.29) is 10.6 Å². The van der Waals surface area contributed by atoms with Crippen LogP contribution in [0.4, 0.5) is 5.69 Å². The van der Waals surface area contributed by atoms with E-state index < -0.39 is 15.9 Å². The molecule has 0 aliphatic carbocycles. The summed E-state index contributed by atoms with van der Waals surface area (Å²) in [6.45, 7) is 1.02. The molecule has 31 heavy (non-hydrogen) atoms. The molecule has 0 bridgehead atoms. The van der Waals surface area contributed by atoms with Crippen molar-refractivity contribution < 1.29 is 17.9 Å². The Labute approximate surface area is 182 Å². The predicted octanol–water partition coefficient (Wildman–Crippen LogP) is 4.06. The number of methoxy groups -OCH3 is 1. The first-order valence-electron chi connectivity index (χ1n) is 10.3. The summed E-state index contributed by atoms with van der Waals surface area (Å²) in [4.78, 5) is 17.4. The Morgan fingerprint density at radius 3 is 2.48 bits per heavy atom. The third-order valence-electron chi connectivity index (χ3n) is 5.45. The molecule has 0 saturated carbocycles. The molecule has 0 unspecified atom stereocenters. The molecular weight excluding hydrogens is 414 g/mol. The van der Waals surface area contributed by atoms with Crippen molar-refractivity contribution in [3.63, 3.8) is 0 Å². The smallest absolute Gasteiger partial charge is 0.274 e. The molecule has 0 spiro atoms. The maximum atomic E-state index is 13.2. The number of amides is 1. The second-order valence-corrected chi connectivity index (χ2v) is 9.46. The zero-order valence-corrected chi connectivity index (χ0v) is 18.2. The van der Waals surface area contributed by atoms with Crippen molar-refractivity contribution in [3.8, 4) is 5.75 Å². The minimum Gasteiger partial charge on any atom is -0.495 e. The Hall–Kier alpha value is -2.97. The van der Waals surface area contributed by atoms with Gasteiger partial charge in [0.2, 0.25) is 10.0 Å². The van der Waals surface area contributed by atoms with Crippen LogP contribution in [-0.4, -0.2) is 43.8 Å². The maximum absolute atomic E-state index is 13.2. The summed E-state index contributed by atoms with van der Waals surface area (Å²) in [5, 5.41) is 3.69. The summed E-state index contributed by atoms with van der Waals surface area (Å²) in [6, 6.07) is 15.5. The Bertz CT molecular complexity index is 1200. The number of para-hydroxylation sites is 1. The van der Waals surface area contributed by atoms with Crippen LogP contribution in [0.25, 0.3) is 10.9 Å². The molecule has 0 radical (unpaired) electrons. The average Bonchev–Trinajstić information content (AvgIpc) is 3.09. The standard InChI is InChI=1S/C23H25N3O4S/c1-30-22-13-11-18(31(28,29)26-14-6-2-3-7-15-26)16-21(22)25-23(27)20-12-10-17-8-4-5-9-19(17)24-20/h4-5,8-13,16H,2-3,6-7,14-15H2,1H3,(H,25,27). The van der Waals surface area contributed by atoms with Gasteiger partial charge >= 0.3 is 0 Å². The van der Waals surface area contributed by atoms with E-state index in [0.717, 1.165) is 31.1 Å². The van der Waals surface area contributed by atoms with Gasteiger partial charge in [0.25, 0.3) is 5.91 Å². The number of nitrogens with zero attached hydrogens (tertiary/aromatic N) is 2. The van der Waals surface area contributed by atoms with E-state index in [1.807, 2.05) is 30.3 Å². The van der Waals surface area contributed by atoms with Crippen LogP contribution in [0.3, 0.4) is 0 Å². The van der Waals surface area contributed by atoms with Crippen LogP contribution in [0.2, 0.25) is 0 Å². The number of nitrogens with one attached hydrogen (secondary N) is 1. The zero-order valence-electron chi connectivity index (χ0n) is 17.4. The molecule has 1 saturated heterocycles. The van der Waals surface area contributed by atoms with Crippen LogP contribution < -0.4 is 10.1 Å². The molecule has 2 heterocycles. The van der Waals surface area contributed by atoms with Crippen molar-refractivity contribution in [2.24, 2.45) is 0 Å². The largest absolute Gasteiger partial charge is 0.495 e. The SMILES string of the molecule is COc1ccc(S(=O)(=O)N2CCCCCC2)cc1NC(=O)c1ccc2ccccc2n1. The zero-order chi connectivity index (χ0) is 21.8. The molecule has 162 valence electrons. The maximum Gasteiger partial charge on any atom is 0.274 e. The highest BCUT2D eigenvalue weighted by molar-refractivity contribution is 7.89. The number of benzene rings is 2. The first-order valence-corrected chi connectivity index (χ1v) is 11.8. The lowest BCUT2D eigenvalue weighted by atomic mass is 10.2. The minimum atomic E-state index is -3.65. The molecule has 1 aliphatic heterocycles. The Balaban J connectivity index is 1.63. The fourth-order valence-corrected chi connectivity index (χ4v) is 5.30. The number of aromatic nitrogens is 1.